The molecule has 9 heteroatoms. The quantitative estimate of drug-likeness (QED) is 0.649. The summed E-state index contributed by atoms with van der Waals surface area (Å²) in [4.78, 5) is 25.1. The van der Waals surface area contributed by atoms with Gasteiger partial charge < -0.3 is 10.1 Å². The number of amides is 2. The van der Waals surface area contributed by atoms with Crippen molar-refractivity contribution in [2.45, 2.75) is 18.2 Å². The molecule has 1 heterocycles. The molecule has 0 radical (unpaired) electrons. The monoisotopic (exact) mass is 375 g/mol. The van der Waals surface area contributed by atoms with Gasteiger partial charge in [0, 0.05) is 5.69 Å². The van der Waals surface area contributed by atoms with Crippen molar-refractivity contribution >= 4 is 27.5 Å². The predicted octanol–water partition coefficient (Wildman–Crippen LogP) is 0.878. The van der Waals surface area contributed by atoms with E-state index in [4.69, 9.17) is 4.74 Å². The minimum Gasteiger partial charge on any atom is -0.483 e. The molecule has 8 nitrogen and oxygen atoms in total. The second kappa shape index (κ2) is 7.14. The van der Waals surface area contributed by atoms with Gasteiger partial charge in [0.25, 0.3) is 15.9 Å². The van der Waals surface area contributed by atoms with Crippen molar-refractivity contribution < 1.29 is 22.7 Å². The summed E-state index contributed by atoms with van der Waals surface area (Å²) in [5.74, 6) is -0.291. The predicted molar refractivity (Wildman–Crippen MR) is 93.9 cm³/mol. The van der Waals surface area contributed by atoms with E-state index in [1.807, 2.05) is 23.9 Å². The Morgan fingerprint density at radius 3 is 2.77 bits per heavy atom. The number of hydrogen-bond acceptors (Lipinski definition) is 5. The number of sulfonamides is 1. The Kier molecular flexibility index (Phi) is 4.92. The zero-order valence-corrected chi connectivity index (χ0v) is 14.7. The van der Waals surface area contributed by atoms with Crippen LogP contribution in [-0.2, 0) is 26.0 Å². The average molecular weight is 375 g/mol. The molecular formula is C17H17N3O5S. The molecule has 1 aliphatic heterocycles. The first kappa shape index (κ1) is 17.9. The second-order valence-electron chi connectivity index (χ2n) is 5.75. The van der Waals surface area contributed by atoms with Gasteiger partial charge in [-0.15, -0.1) is 4.83 Å². The van der Waals surface area contributed by atoms with Crippen LogP contribution in [0.25, 0.3) is 0 Å². The Morgan fingerprint density at radius 2 is 2.00 bits per heavy atom. The molecule has 0 atom stereocenters. The van der Waals surface area contributed by atoms with Crippen molar-refractivity contribution in [1.29, 1.82) is 0 Å². The molecule has 136 valence electrons. The first-order valence-corrected chi connectivity index (χ1v) is 9.25. The van der Waals surface area contributed by atoms with Crippen molar-refractivity contribution in [2.75, 3.05) is 11.9 Å². The fraction of sp³-hybridized carbons (Fsp3) is 0.176. The smallest absolute Gasteiger partial charge is 0.272 e. The van der Waals surface area contributed by atoms with E-state index in [0.29, 0.717) is 17.0 Å². The fourth-order valence-corrected chi connectivity index (χ4v) is 3.36. The number of anilines is 1. The molecule has 2 amide bonds. The third-order valence-electron chi connectivity index (χ3n) is 3.79. The van der Waals surface area contributed by atoms with Crippen LogP contribution in [0.3, 0.4) is 0 Å². The van der Waals surface area contributed by atoms with Crippen LogP contribution >= 0.6 is 0 Å². The van der Waals surface area contributed by atoms with E-state index in [9.17, 15) is 18.0 Å². The maximum atomic E-state index is 12.3. The standard InChI is InChI=1S/C17H17N3O5S/c1-11-4-2-3-5-15(11)25-10-17(22)19-20-26(23,24)13-6-7-14-12(8-13)9-16(21)18-14/h2-8,20H,9-10H2,1H3,(H,18,21)(H,19,22). The molecule has 3 N–H and O–H groups in total. The van der Waals surface area contributed by atoms with Gasteiger partial charge >= 0.3 is 0 Å². The van der Waals surface area contributed by atoms with Crippen molar-refractivity contribution in [3.05, 3.63) is 53.6 Å². The first-order chi connectivity index (χ1) is 12.3. The summed E-state index contributed by atoms with van der Waals surface area (Å²) in [6, 6.07) is 11.4. The number of carbonyl (C=O) groups is 2. The number of benzene rings is 2. The molecule has 0 bridgehead atoms. The maximum absolute atomic E-state index is 12.3. The molecule has 2 aromatic rings. The summed E-state index contributed by atoms with van der Waals surface area (Å²) in [6.45, 7) is 1.50. The third kappa shape index (κ3) is 4.01. The first-order valence-electron chi connectivity index (χ1n) is 7.77. The van der Waals surface area contributed by atoms with Crippen molar-refractivity contribution in [3.63, 3.8) is 0 Å². The molecule has 2 aromatic carbocycles. The largest absolute Gasteiger partial charge is 0.483 e. The summed E-state index contributed by atoms with van der Waals surface area (Å²) in [5, 5.41) is 2.62. The molecule has 0 saturated carbocycles. The molecule has 1 aliphatic rings. The van der Waals surface area contributed by atoms with Crippen LogP contribution in [0.1, 0.15) is 11.1 Å². The summed E-state index contributed by atoms with van der Waals surface area (Å²) < 4.78 is 29.9. The van der Waals surface area contributed by atoms with Gasteiger partial charge in [0.2, 0.25) is 5.91 Å². The van der Waals surface area contributed by atoms with Crippen molar-refractivity contribution in [3.8, 4) is 5.75 Å². The minimum absolute atomic E-state index is 0.0483. The van der Waals surface area contributed by atoms with E-state index >= 15 is 0 Å². The summed E-state index contributed by atoms with van der Waals surface area (Å²) in [5.41, 5.74) is 4.14. The van der Waals surface area contributed by atoms with Gasteiger partial charge in [0.15, 0.2) is 6.61 Å². The van der Waals surface area contributed by atoms with Gasteiger partial charge in [-0.05, 0) is 42.3 Å². The summed E-state index contributed by atoms with van der Waals surface area (Å²) >= 11 is 0. The van der Waals surface area contributed by atoms with Gasteiger partial charge in [-0.3, -0.25) is 15.0 Å². The van der Waals surface area contributed by atoms with E-state index < -0.39 is 15.9 Å². The van der Waals surface area contributed by atoms with E-state index in [-0.39, 0.29) is 23.8 Å². The van der Waals surface area contributed by atoms with Gasteiger partial charge in [-0.25, -0.2) is 8.42 Å². The maximum Gasteiger partial charge on any atom is 0.272 e. The second-order valence-corrected chi connectivity index (χ2v) is 7.43. The molecule has 0 aromatic heterocycles. The Balaban J connectivity index is 1.58. The summed E-state index contributed by atoms with van der Waals surface area (Å²) in [7, 11) is -3.96. The number of aryl methyl sites for hydroxylation is 1. The van der Waals surface area contributed by atoms with Crippen LogP contribution < -0.4 is 20.3 Å². The molecule has 26 heavy (non-hydrogen) atoms. The number of rotatable bonds is 6. The number of ether oxygens (including phenoxy) is 1. The average Bonchev–Trinajstić information content (AvgIpc) is 2.98. The highest BCUT2D eigenvalue weighted by Gasteiger charge is 2.22. The molecule has 0 unspecified atom stereocenters. The highest BCUT2D eigenvalue weighted by atomic mass is 32.2. The molecule has 0 aliphatic carbocycles. The van der Waals surface area contributed by atoms with Gasteiger partial charge in [-0.1, -0.05) is 18.2 Å². The minimum atomic E-state index is -3.96. The van der Waals surface area contributed by atoms with E-state index in [2.05, 4.69) is 10.7 Å². The zero-order chi connectivity index (χ0) is 18.7. The Morgan fingerprint density at radius 1 is 1.23 bits per heavy atom. The van der Waals surface area contributed by atoms with Gasteiger partial charge in [0.1, 0.15) is 5.75 Å². The van der Waals surface area contributed by atoms with Crippen molar-refractivity contribution in [2.24, 2.45) is 0 Å². The lowest BCUT2D eigenvalue weighted by molar-refractivity contribution is -0.123. The Hall–Kier alpha value is -2.91. The topological polar surface area (TPSA) is 114 Å². The lowest BCUT2D eigenvalue weighted by Crippen LogP contribution is -2.43. The van der Waals surface area contributed by atoms with Crippen LogP contribution in [-0.4, -0.2) is 26.8 Å². The highest BCUT2D eigenvalue weighted by molar-refractivity contribution is 7.89. The van der Waals surface area contributed by atoms with Crippen LogP contribution in [0, 0.1) is 6.92 Å². The van der Waals surface area contributed by atoms with Crippen LogP contribution in [0.15, 0.2) is 47.4 Å². The SMILES string of the molecule is Cc1ccccc1OCC(=O)NNS(=O)(=O)c1ccc2c(c1)CC(=O)N2. The van der Waals surface area contributed by atoms with E-state index in [1.54, 1.807) is 12.1 Å². The van der Waals surface area contributed by atoms with Crippen LogP contribution in [0.2, 0.25) is 0 Å². The Bertz CT molecular complexity index is 972. The molecule has 0 saturated heterocycles. The molecule has 3 rings (SSSR count). The van der Waals surface area contributed by atoms with Gasteiger partial charge in [0.05, 0.1) is 11.3 Å². The normalized spacial score (nSPS) is 13.0. The van der Waals surface area contributed by atoms with Crippen molar-refractivity contribution in [1.82, 2.24) is 10.3 Å². The number of carbonyl (C=O) groups excluding carboxylic acids is 2. The number of fused-ring (bicyclic) bond motifs is 1. The molecule has 0 fully saturated rings. The van der Waals surface area contributed by atoms with Crippen LogP contribution in [0.4, 0.5) is 5.69 Å². The lowest BCUT2D eigenvalue weighted by atomic mass is 10.2. The Labute approximate surface area is 150 Å². The van der Waals surface area contributed by atoms with E-state index in [1.165, 1.54) is 18.2 Å². The zero-order valence-electron chi connectivity index (χ0n) is 13.9. The lowest BCUT2D eigenvalue weighted by Gasteiger charge is -2.11. The number of hydrogen-bond donors (Lipinski definition) is 3. The van der Waals surface area contributed by atoms with Gasteiger partial charge in [-0.2, -0.15) is 0 Å². The van der Waals surface area contributed by atoms with Crippen LogP contribution in [0.5, 0.6) is 5.75 Å². The molecule has 0 spiro atoms. The third-order valence-corrected chi connectivity index (χ3v) is 5.03. The van der Waals surface area contributed by atoms with E-state index in [0.717, 1.165) is 5.56 Å². The number of para-hydroxylation sites is 1. The highest BCUT2D eigenvalue weighted by Crippen LogP contribution is 2.25. The number of hydrazine groups is 1. The summed E-state index contributed by atoms with van der Waals surface area (Å²) in [6.07, 6.45) is 0.120. The fourth-order valence-electron chi connectivity index (χ4n) is 2.45. The number of nitrogens with one attached hydrogen (secondary N) is 3. The molecular weight excluding hydrogens is 358 g/mol.